The normalized spacial score (nSPS) is 12.6. The maximum atomic E-state index is 5.17. The second-order valence-electron chi connectivity index (χ2n) is 4.76. The Kier molecular flexibility index (Phi) is 5.90. The Balaban J connectivity index is 2.43. The quantitative estimate of drug-likeness (QED) is 0.832. The predicted octanol–water partition coefficient (Wildman–Crippen LogP) is 2.69. The fraction of sp³-hybridized carbons (Fsp3) is 0.467. The van der Waals surface area contributed by atoms with Gasteiger partial charge in [0.15, 0.2) is 0 Å². The van der Waals surface area contributed by atoms with Crippen molar-refractivity contribution in [3.05, 3.63) is 46.0 Å². The second-order valence-corrected chi connectivity index (χ2v) is 5.62. The fourth-order valence-corrected chi connectivity index (χ4v) is 2.90. The number of halogens is 1. The highest BCUT2D eigenvalue weighted by molar-refractivity contribution is 9.10. The molecular formula is C15H21BrN4O. The van der Waals surface area contributed by atoms with Crippen LogP contribution in [0.2, 0.25) is 0 Å². The number of hydrogen-bond acceptors (Lipinski definition) is 4. The first-order valence-corrected chi connectivity index (χ1v) is 7.83. The molecule has 21 heavy (non-hydrogen) atoms. The van der Waals surface area contributed by atoms with E-state index in [-0.39, 0.29) is 6.04 Å². The van der Waals surface area contributed by atoms with Gasteiger partial charge in [-0.3, -0.25) is 9.67 Å². The molecule has 0 saturated heterocycles. The van der Waals surface area contributed by atoms with Crippen molar-refractivity contribution in [1.29, 1.82) is 0 Å². The van der Waals surface area contributed by atoms with E-state index in [1.165, 1.54) is 5.56 Å². The molecule has 6 heteroatoms. The second kappa shape index (κ2) is 7.68. The molecule has 0 saturated carbocycles. The summed E-state index contributed by atoms with van der Waals surface area (Å²) < 4.78 is 8.14. The first-order chi connectivity index (χ1) is 10.2. The lowest BCUT2D eigenvalue weighted by Crippen LogP contribution is -2.26. The first kappa shape index (κ1) is 16.1. The lowest BCUT2D eigenvalue weighted by molar-refractivity contribution is 0.182. The van der Waals surface area contributed by atoms with Gasteiger partial charge in [0.05, 0.1) is 35.6 Å². The van der Waals surface area contributed by atoms with Crippen LogP contribution in [0.4, 0.5) is 0 Å². The van der Waals surface area contributed by atoms with Crippen molar-refractivity contribution in [3.8, 4) is 0 Å². The third-order valence-electron chi connectivity index (χ3n) is 3.38. The van der Waals surface area contributed by atoms with E-state index in [0.717, 1.165) is 29.0 Å². The van der Waals surface area contributed by atoms with Crippen LogP contribution in [0.25, 0.3) is 0 Å². The molecule has 0 aliphatic carbocycles. The lowest BCUT2D eigenvalue weighted by atomic mass is 10.0. The molecule has 2 aromatic heterocycles. The smallest absolute Gasteiger partial charge is 0.0777 e. The zero-order valence-corrected chi connectivity index (χ0v) is 14.2. The largest absolute Gasteiger partial charge is 0.383 e. The van der Waals surface area contributed by atoms with Crippen LogP contribution in [-0.2, 0) is 11.3 Å². The van der Waals surface area contributed by atoms with Gasteiger partial charge in [0.25, 0.3) is 0 Å². The maximum absolute atomic E-state index is 5.17. The molecule has 2 rings (SSSR count). The molecule has 5 nitrogen and oxygen atoms in total. The van der Waals surface area contributed by atoms with Crippen LogP contribution in [0.5, 0.6) is 0 Å². The lowest BCUT2D eigenvalue weighted by Gasteiger charge is -2.22. The zero-order chi connectivity index (χ0) is 15.2. The van der Waals surface area contributed by atoms with Crippen LogP contribution in [0.3, 0.4) is 0 Å². The molecule has 114 valence electrons. The highest BCUT2D eigenvalue weighted by Crippen LogP contribution is 2.29. The molecule has 0 amide bonds. The summed E-state index contributed by atoms with van der Waals surface area (Å²) in [6.45, 7) is 6.34. The molecule has 2 aromatic rings. The van der Waals surface area contributed by atoms with Crippen LogP contribution >= 0.6 is 15.9 Å². The third kappa shape index (κ3) is 3.70. The molecule has 0 spiro atoms. The molecule has 0 radical (unpaired) electrons. The van der Waals surface area contributed by atoms with Crippen molar-refractivity contribution >= 4 is 15.9 Å². The minimum absolute atomic E-state index is 0.0532. The third-order valence-corrected chi connectivity index (χ3v) is 3.99. The van der Waals surface area contributed by atoms with E-state index in [1.807, 2.05) is 30.1 Å². The number of hydrogen-bond donors (Lipinski definition) is 1. The van der Waals surface area contributed by atoms with Gasteiger partial charge < -0.3 is 10.1 Å². The Morgan fingerprint density at radius 2 is 2.29 bits per heavy atom. The first-order valence-electron chi connectivity index (χ1n) is 7.04. The summed E-state index contributed by atoms with van der Waals surface area (Å²) in [6.07, 6.45) is 3.65. The van der Waals surface area contributed by atoms with E-state index in [1.54, 1.807) is 7.11 Å². The van der Waals surface area contributed by atoms with Gasteiger partial charge in [-0.05, 0) is 41.0 Å². The summed E-state index contributed by atoms with van der Waals surface area (Å²) in [5.74, 6) is 0. The Morgan fingerprint density at radius 3 is 2.95 bits per heavy atom. The van der Waals surface area contributed by atoms with Crippen molar-refractivity contribution < 1.29 is 4.74 Å². The van der Waals surface area contributed by atoms with E-state index < -0.39 is 0 Å². The van der Waals surface area contributed by atoms with Crippen LogP contribution in [0, 0.1) is 6.92 Å². The van der Waals surface area contributed by atoms with E-state index in [9.17, 15) is 0 Å². The summed E-state index contributed by atoms with van der Waals surface area (Å²) in [4.78, 5) is 4.40. The Morgan fingerprint density at radius 1 is 1.48 bits per heavy atom. The minimum atomic E-state index is 0.0532. The summed E-state index contributed by atoms with van der Waals surface area (Å²) in [5.41, 5.74) is 3.29. The van der Waals surface area contributed by atoms with Crippen LogP contribution in [0.1, 0.15) is 29.9 Å². The topological polar surface area (TPSA) is 52.0 Å². The van der Waals surface area contributed by atoms with E-state index in [0.29, 0.717) is 6.61 Å². The molecule has 0 aliphatic heterocycles. The van der Waals surface area contributed by atoms with Gasteiger partial charge in [-0.1, -0.05) is 13.0 Å². The van der Waals surface area contributed by atoms with Gasteiger partial charge in [0, 0.05) is 19.0 Å². The van der Waals surface area contributed by atoms with E-state index in [4.69, 9.17) is 4.74 Å². The van der Waals surface area contributed by atoms with Gasteiger partial charge in [0.2, 0.25) is 0 Å². The van der Waals surface area contributed by atoms with E-state index in [2.05, 4.69) is 44.3 Å². The molecule has 1 atom stereocenters. The average molecular weight is 353 g/mol. The number of rotatable bonds is 7. The SMILES string of the molecule is CCNC(c1cccnc1C)c1c(Br)cnn1CCOC. The average Bonchev–Trinajstić information content (AvgIpc) is 2.84. The molecule has 0 aromatic carbocycles. The molecular weight excluding hydrogens is 332 g/mol. The molecule has 0 fully saturated rings. The van der Waals surface area contributed by atoms with Crippen molar-refractivity contribution in [2.24, 2.45) is 0 Å². The standard InChI is InChI=1S/C15H21BrN4O/c1-4-17-14(12-6-5-7-18-11(12)2)15-13(16)10-19-20(15)8-9-21-3/h5-7,10,14,17H,4,8-9H2,1-3H3. The Labute approximate surface area is 133 Å². The summed E-state index contributed by atoms with van der Waals surface area (Å²) in [5, 5.41) is 7.97. The summed E-state index contributed by atoms with van der Waals surface area (Å²) in [7, 11) is 1.70. The van der Waals surface area contributed by atoms with Crippen molar-refractivity contribution in [3.63, 3.8) is 0 Å². The number of aryl methyl sites for hydroxylation is 1. The predicted molar refractivity (Wildman–Crippen MR) is 86.3 cm³/mol. The van der Waals surface area contributed by atoms with Crippen molar-refractivity contribution in [2.75, 3.05) is 20.3 Å². The highest BCUT2D eigenvalue weighted by atomic mass is 79.9. The minimum Gasteiger partial charge on any atom is -0.383 e. The molecule has 0 bridgehead atoms. The monoisotopic (exact) mass is 352 g/mol. The van der Waals surface area contributed by atoms with Gasteiger partial charge in [-0.25, -0.2) is 0 Å². The molecule has 1 unspecified atom stereocenters. The van der Waals surface area contributed by atoms with Crippen LogP contribution < -0.4 is 5.32 Å². The highest BCUT2D eigenvalue weighted by Gasteiger charge is 2.22. The number of ether oxygens (including phenoxy) is 1. The number of aromatic nitrogens is 3. The number of pyridine rings is 1. The fourth-order valence-electron chi connectivity index (χ4n) is 2.37. The summed E-state index contributed by atoms with van der Waals surface area (Å²) in [6, 6.07) is 4.13. The van der Waals surface area contributed by atoms with Crippen LogP contribution in [0.15, 0.2) is 29.0 Å². The number of nitrogens with one attached hydrogen (secondary N) is 1. The zero-order valence-electron chi connectivity index (χ0n) is 12.6. The Hall–Kier alpha value is -1.24. The number of methoxy groups -OCH3 is 1. The van der Waals surface area contributed by atoms with Crippen LogP contribution in [-0.4, -0.2) is 35.0 Å². The maximum Gasteiger partial charge on any atom is 0.0777 e. The molecule has 2 heterocycles. The summed E-state index contributed by atoms with van der Waals surface area (Å²) >= 11 is 3.62. The van der Waals surface area contributed by atoms with Gasteiger partial charge >= 0.3 is 0 Å². The Bertz CT molecular complexity index is 585. The van der Waals surface area contributed by atoms with Gasteiger partial charge in [0.1, 0.15) is 0 Å². The number of nitrogens with zero attached hydrogens (tertiary/aromatic N) is 3. The van der Waals surface area contributed by atoms with Gasteiger partial charge in [-0.15, -0.1) is 0 Å². The molecule has 0 aliphatic rings. The molecule has 1 N–H and O–H groups in total. The van der Waals surface area contributed by atoms with Crippen molar-refractivity contribution in [2.45, 2.75) is 26.4 Å². The van der Waals surface area contributed by atoms with Gasteiger partial charge in [-0.2, -0.15) is 5.10 Å². The van der Waals surface area contributed by atoms with Crippen molar-refractivity contribution in [1.82, 2.24) is 20.1 Å². The van der Waals surface area contributed by atoms with E-state index >= 15 is 0 Å².